The first-order valence-corrected chi connectivity index (χ1v) is 5.35. The van der Waals surface area contributed by atoms with Crippen molar-refractivity contribution in [3.63, 3.8) is 0 Å². The van der Waals surface area contributed by atoms with Crippen molar-refractivity contribution in [3.05, 3.63) is 24.3 Å². The van der Waals surface area contributed by atoms with E-state index in [9.17, 15) is 0 Å². The Morgan fingerprint density at radius 1 is 1.19 bits per heavy atom. The normalized spacial score (nSPS) is 20.1. The van der Waals surface area contributed by atoms with Gasteiger partial charge in [0.1, 0.15) is 5.52 Å². The van der Waals surface area contributed by atoms with Crippen LogP contribution in [0, 0.1) is 0 Å². The standard InChI is InChI=1S/C11H12N4O/c1-2-4-10-9(3-1)13-11(15-14-10)12-8-5-6-16-7-8/h1-4,8H,5-7H2,(H,12,13,15). The van der Waals surface area contributed by atoms with E-state index in [-0.39, 0.29) is 0 Å². The van der Waals surface area contributed by atoms with Crippen molar-refractivity contribution in [1.29, 1.82) is 0 Å². The molecule has 0 amide bonds. The van der Waals surface area contributed by atoms with E-state index in [0.29, 0.717) is 12.0 Å². The lowest BCUT2D eigenvalue weighted by Crippen LogP contribution is -2.20. The molecule has 1 saturated heterocycles. The van der Waals surface area contributed by atoms with Gasteiger partial charge in [-0.3, -0.25) is 0 Å². The maximum Gasteiger partial charge on any atom is 0.243 e. The summed E-state index contributed by atoms with van der Waals surface area (Å²) >= 11 is 0. The fourth-order valence-electron chi connectivity index (χ4n) is 1.77. The number of hydrogen-bond acceptors (Lipinski definition) is 5. The fraction of sp³-hybridized carbons (Fsp3) is 0.364. The van der Waals surface area contributed by atoms with Crippen LogP contribution < -0.4 is 5.32 Å². The Morgan fingerprint density at radius 2 is 2.06 bits per heavy atom. The lowest BCUT2D eigenvalue weighted by Gasteiger charge is -2.09. The number of fused-ring (bicyclic) bond motifs is 1. The SMILES string of the molecule is c1ccc2nc(NC3CCOC3)nnc2c1. The van der Waals surface area contributed by atoms with E-state index in [1.54, 1.807) is 0 Å². The summed E-state index contributed by atoms with van der Waals surface area (Å²) in [6.07, 6.45) is 0.996. The van der Waals surface area contributed by atoms with Crippen LogP contribution in [0.15, 0.2) is 24.3 Å². The monoisotopic (exact) mass is 216 g/mol. The fourth-order valence-corrected chi connectivity index (χ4v) is 1.77. The van der Waals surface area contributed by atoms with Gasteiger partial charge in [0.15, 0.2) is 0 Å². The predicted octanol–water partition coefficient (Wildman–Crippen LogP) is 1.23. The van der Waals surface area contributed by atoms with E-state index < -0.39 is 0 Å². The number of hydrogen-bond donors (Lipinski definition) is 1. The van der Waals surface area contributed by atoms with Crippen LogP contribution in [0.25, 0.3) is 11.0 Å². The zero-order chi connectivity index (χ0) is 10.8. The Kier molecular flexibility index (Phi) is 2.38. The van der Waals surface area contributed by atoms with Gasteiger partial charge in [-0.05, 0) is 18.6 Å². The van der Waals surface area contributed by atoms with Gasteiger partial charge in [-0.25, -0.2) is 4.98 Å². The van der Waals surface area contributed by atoms with Gasteiger partial charge in [0.05, 0.1) is 18.2 Å². The van der Waals surface area contributed by atoms with Crippen molar-refractivity contribution in [2.75, 3.05) is 18.5 Å². The number of nitrogens with zero attached hydrogens (tertiary/aromatic N) is 3. The van der Waals surface area contributed by atoms with Crippen molar-refractivity contribution in [1.82, 2.24) is 15.2 Å². The molecule has 0 saturated carbocycles. The first-order valence-electron chi connectivity index (χ1n) is 5.35. The maximum atomic E-state index is 5.28. The number of ether oxygens (including phenoxy) is 1. The Balaban J connectivity index is 1.86. The Morgan fingerprint density at radius 3 is 2.88 bits per heavy atom. The summed E-state index contributed by atoms with van der Waals surface area (Å²) in [5.74, 6) is 0.578. The molecule has 5 heteroatoms. The molecule has 2 heterocycles. The number of anilines is 1. The van der Waals surface area contributed by atoms with Crippen LogP contribution in [0.2, 0.25) is 0 Å². The number of aromatic nitrogens is 3. The molecule has 1 aromatic heterocycles. The molecule has 0 bridgehead atoms. The second-order valence-corrected chi connectivity index (χ2v) is 3.83. The predicted molar refractivity (Wildman–Crippen MR) is 60.2 cm³/mol. The summed E-state index contributed by atoms with van der Waals surface area (Å²) < 4.78 is 5.28. The highest BCUT2D eigenvalue weighted by molar-refractivity contribution is 5.74. The van der Waals surface area contributed by atoms with Gasteiger partial charge in [0.25, 0.3) is 0 Å². The van der Waals surface area contributed by atoms with Gasteiger partial charge in [-0.1, -0.05) is 12.1 Å². The largest absolute Gasteiger partial charge is 0.379 e. The molecule has 16 heavy (non-hydrogen) atoms. The third kappa shape index (κ3) is 1.81. The molecular formula is C11H12N4O. The number of nitrogens with one attached hydrogen (secondary N) is 1. The molecule has 1 atom stereocenters. The van der Waals surface area contributed by atoms with E-state index in [2.05, 4.69) is 20.5 Å². The molecule has 1 N–H and O–H groups in total. The lowest BCUT2D eigenvalue weighted by molar-refractivity contribution is 0.195. The third-order valence-electron chi connectivity index (χ3n) is 2.62. The summed E-state index contributed by atoms with van der Waals surface area (Å²) in [4.78, 5) is 4.40. The topological polar surface area (TPSA) is 59.9 Å². The molecule has 0 radical (unpaired) electrons. The van der Waals surface area contributed by atoms with Gasteiger partial charge in [-0.2, -0.15) is 0 Å². The summed E-state index contributed by atoms with van der Waals surface area (Å²) in [5.41, 5.74) is 1.68. The molecule has 1 aromatic carbocycles. The molecule has 1 unspecified atom stereocenters. The molecule has 82 valence electrons. The summed E-state index contributed by atoms with van der Waals surface area (Å²) in [6.45, 7) is 1.52. The Labute approximate surface area is 92.9 Å². The van der Waals surface area contributed by atoms with Crippen LogP contribution >= 0.6 is 0 Å². The number of rotatable bonds is 2. The molecule has 1 aliphatic rings. The van der Waals surface area contributed by atoms with E-state index in [4.69, 9.17) is 4.74 Å². The molecule has 0 spiro atoms. The van der Waals surface area contributed by atoms with E-state index in [1.807, 2.05) is 24.3 Å². The highest BCUT2D eigenvalue weighted by Gasteiger charge is 2.16. The average Bonchev–Trinajstić information content (AvgIpc) is 2.82. The van der Waals surface area contributed by atoms with E-state index >= 15 is 0 Å². The third-order valence-corrected chi connectivity index (χ3v) is 2.62. The first-order chi connectivity index (χ1) is 7.92. The highest BCUT2D eigenvalue weighted by atomic mass is 16.5. The minimum Gasteiger partial charge on any atom is -0.379 e. The second kappa shape index (κ2) is 4.02. The smallest absolute Gasteiger partial charge is 0.243 e. The molecule has 1 fully saturated rings. The van der Waals surface area contributed by atoms with Crippen LogP contribution in [0.1, 0.15) is 6.42 Å². The van der Waals surface area contributed by atoms with Crippen LogP contribution in [0.4, 0.5) is 5.95 Å². The minimum atomic E-state index is 0.308. The maximum absolute atomic E-state index is 5.28. The van der Waals surface area contributed by atoms with Crippen molar-refractivity contribution in [2.24, 2.45) is 0 Å². The van der Waals surface area contributed by atoms with E-state index in [1.165, 1.54) is 0 Å². The quantitative estimate of drug-likeness (QED) is 0.818. The van der Waals surface area contributed by atoms with Crippen molar-refractivity contribution < 1.29 is 4.74 Å². The van der Waals surface area contributed by atoms with Crippen LogP contribution in [-0.4, -0.2) is 34.4 Å². The van der Waals surface area contributed by atoms with E-state index in [0.717, 1.165) is 30.7 Å². The van der Waals surface area contributed by atoms with Crippen molar-refractivity contribution >= 4 is 17.0 Å². The van der Waals surface area contributed by atoms with Crippen LogP contribution in [-0.2, 0) is 4.74 Å². The summed E-state index contributed by atoms with van der Waals surface area (Å²) in [6, 6.07) is 8.01. The number of benzene rings is 1. The number of para-hydroxylation sites is 1. The van der Waals surface area contributed by atoms with Gasteiger partial charge >= 0.3 is 0 Å². The summed E-state index contributed by atoms with van der Waals surface area (Å²) in [5, 5.41) is 11.4. The molecule has 1 aliphatic heterocycles. The second-order valence-electron chi connectivity index (χ2n) is 3.83. The lowest BCUT2D eigenvalue weighted by atomic mass is 10.3. The summed E-state index contributed by atoms with van der Waals surface area (Å²) in [7, 11) is 0. The van der Waals surface area contributed by atoms with Crippen LogP contribution in [0.3, 0.4) is 0 Å². The molecule has 0 aliphatic carbocycles. The molecule has 2 aromatic rings. The van der Waals surface area contributed by atoms with Crippen LogP contribution in [0.5, 0.6) is 0 Å². The Hall–Kier alpha value is -1.75. The first kappa shape index (κ1) is 9.47. The van der Waals surface area contributed by atoms with Crippen molar-refractivity contribution in [3.8, 4) is 0 Å². The van der Waals surface area contributed by atoms with Gasteiger partial charge in [0, 0.05) is 6.61 Å². The highest BCUT2D eigenvalue weighted by Crippen LogP contribution is 2.12. The van der Waals surface area contributed by atoms with Crippen molar-refractivity contribution in [2.45, 2.75) is 12.5 Å². The molecule has 5 nitrogen and oxygen atoms in total. The zero-order valence-electron chi connectivity index (χ0n) is 8.76. The zero-order valence-corrected chi connectivity index (χ0v) is 8.76. The van der Waals surface area contributed by atoms with Gasteiger partial charge in [-0.15, -0.1) is 10.2 Å². The van der Waals surface area contributed by atoms with Gasteiger partial charge < -0.3 is 10.1 Å². The molecule has 3 rings (SSSR count). The Bertz CT molecular complexity index is 496. The molecular weight excluding hydrogens is 204 g/mol. The average molecular weight is 216 g/mol. The van der Waals surface area contributed by atoms with Gasteiger partial charge in [0.2, 0.25) is 5.95 Å². The minimum absolute atomic E-state index is 0.308.